The summed E-state index contributed by atoms with van der Waals surface area (Å²) < 4.78 is 0. The highest BCUT2D eigenvalue weighted by Gasteiger charge is 1.99. The summed E-state index contributed by atoms with van der Waals surface area (Å²) in [5.41, 5.74) is 3.13. The van der Waals surface area contributed by atoms with Crippen molar-refractivity contribution in [2.75, 3.05) is 0 Å². The van der Waals surface area contributed by atoms with Crippen molar-refractivity contribution >= 4 is 0 Å². The molecule has 0 aliphatic carbocycles. The van der Waals surface area contributed by atoms with Crippen molar-refractivity contribution in [3.63, 3.8) is 0 Å². The predicted molar refractivity (Wildman–Crippen MR) is 128 cm³/mol. The molecule has 0 radical (unpaired) electrons. The molecular formula is C28H50. The van der Waals surface area contributed by atoms with Crippen molar-refractivity contribution in [3.8, 4) is 0 Å². The van der Waals surface area contributed by atoms with Gasteiger partial charge in [-0.15, -0.1) is 0 Å². The van der Waals surface area contributed by atoms with Crippen molar-refractivity contribution in [1.82, 2.24) is 0 Å². The van der Waals surface area contributed by atoms with Gasteiger partial charge in [0, 0.05) is 0 Å². The molecule has 0 saturated heterocycles. The maximum atomic E-state index is 2.48. The number of hydrogen-bond donors (Lipinski definition) is 0. The van der Waals surface area contributed by atoms with Gasteiger partial charge in [0.1, 0.15) is 0 Å². The van der Waals surface area contributed by atoms with Gasteiger partial charge in [0.25, 0.3) is 0 Å². The monoisotopic (exact) mass is 386 g/mol. The molecule has 0 N–H and O–H groups in total. The third-order valence-electron chi connectivity index (χ3n) is 6.13. The van der Waals surface area contributed by atoms with Gasteiger partial charge >= 0.3 is 0 Å². The summed E-state index contributed by atoms with van der Waals surface area (Å²) in [7, 11) is 0. The van der Waals surface area contributed by atoms with E-state index in [-0.39, 0.29) is 0 Å². The lowest BCUT2D eigenvalue weighted by Crippen LogP contribution is -1.91. The standard InChI is InChI=1S/C28H50/c1-3-5-7-9-11-13-15-17-19-22-27-24-21-25-28(26-27)23-20-18-16-14-12-10-8-6-4-2/h21,24-26H,3-20,22-23H2,1-2H3. The second kappa shape index (κ2) is 19.5. The van der Waals surface area contributed by atoms with E-state index in [0.717, 1.165) is 0 Å². The molecule has 0 bridgehead atoms. The summed E-state index contributed by atoms with van der Waals surface area (Å²) >= 11 is 0. The molecule has 28 heavy (non-hydrogen) atoms. The lowest BCUT2D eigenvalue weighted by Gasteiger charge is -2.06. The van der Waals surface area contributed by atoms with Crippen molar-refractivity contribution < 1.29 is 0 Å². The highest BCUT2D eigenvalue weighted by molar-refractivity contribution is 5.23. The molecule has 162 valence electrons. The summed E-state index contributed by atoms with van der Waals surface area (Å²) in [5.74, 6) is 0. The Kier molecular flexibility index (Phi) is 17.6. The molecule has 0 spiro atoms. The first-order chi connectivity index (χ1) is 13.9. The van der Waals surface area contributed by atoms with Crippen LogP contribution in [-0.2, 0) is 12.8 Å². The van der Waals surface area contributed by atoms with E-state index in [4.69, 9.17) is 0 Å². The van der Waals surface area contributed by atoms with E-state index in [0.29, 0.717) is 0 Å². The Bertz CT molecular complexity index is 396. The Morgan fingerprint density at radius 3 is 1.11 bits per heavy atom. The third kappa shape index (κ3) is 15.2. The van der Waals surface area contributed by atoms with E-state index in [1.54, 1.807) is 11.1 Å². The fourth-order valence-corrected chi connectivity index (χ4v) is 4.22. The minimum absolute atomic E-state index is 1.28. The van der Waals surface area contributed by atoms with Crippen LogP contribution in [0, 0.1) is 0 Å². The van der Waals surface area contributed by atoms with Crippen LogP contribution in [-0.4, -0.2) is 0 Å². The molecule has 0 atom stereocenters. The number of rotatable bonds is 20. The van der Waals surface area contributed by atoms with Crippen molar-refractivity contribution in [2.45, 2.75) is 142 Å². The Morgan fingerprint density at radius 2 is 0.750 bits per heavy atom. The minimum Gasteiger partial charge on any atom is -0.0654 e. The Balaban J connectivity index is 2.00. The molecule has 0 heterocycles. The highest BCUT2D eigenvalue weighted by atomic mass is 14.0. The molecular weight excluding hydrogens is 336 g/mol. The van der Waals surface area contributed by atoms with Gasteiger partial charge in [0.2, 0.25) is 0 Å². The van der Waals surface area contributed by atoms with E-state index < -0.39 is 0 Å². The van der Waals surface area contributed by atoms with Crippen LogP contribution in [0.5, 0.6) is 0 Å². The first-order valence-corrected chi connectivity index (χ1v) is 12.9. The number of aryl methyl sites for hydroxylation is 2. The molecule has 0 heteroatoms. The second-order valence-corrected chi connectivity index (χ2v) is 8.98. The molecule has 0 aliphatic heterocycles. The predicted octanol–water partition coefficient (Wildman–Crippen LogP) is 9.83. The summed E-state index contributed by atoms with van der Waals surface area (Å²) in [5, 5.41) is 0. The van der Waals surface area contributed by atoms with Crippen LogP contribution in [0.2, 0.25) is 0 Å². The maximum absolute atomic E-state index is 2.48. The second-order valence-electron chi connectivity index (χ2n) is 8.98. The zero-order valence-corrected chi connectivity index (χ0v) is 19.5. The van der Waals surface area contributed by atoms with Crippen LogP contribution in [0.15, 0.2) is 24.3 Å². The van der Waals surface area contributed by atoms with Gasteiger partial charge in [0.15, 0.2) is 0 Å². The van der Waals surface area contributed by atoms with Crippen LogP contribution in [0.3, 0.4) is 0 Å². The van der Waals surface area contributed by atoms with Gasteiger partial charge in [-0.05, 0) is 36.8 Å². The van der Waals surface area contributed by atoms with Gasteiger partial charge < -0.3 is 0 Å². The number of hydrogen-bond acceptors (Lipinski definition) is 0. The highest BCUT2D eigenvalue weighted by Crippen LogP contribution is 2.15. The SMILES string of the molecule is CCCCCCCCCCCc1cccc(CCCCCCCCCCC)c1. The average Bonchev–Trinajstić information content (AvgIpc) is 2.72. The zero-order chi connectivity index (χ0) is 20.1. The van der Waals surface area contributed by atoms with Crippen LogP contribution in [0.25, 0.3) is 0 Å². The maximum Gasteiger partial charge on any atom is -0.0279 e. The zero-order valence-electron chi connectivity index (χ0n) is 19.5. The fourth-order valence-electron chi connectivity index (χ4n) is 4.22. The molecule has 0 fully saturated rings. The molecule has 1 rings (SSSR count). The normalized spacial score (nSPS) is 11.2. The van der Waals surface area contributed by atoms with E-state index in [1.807, 2.05) is 0 Å². The molecule has 1 aromatic rings. The van der Waals surface area contributed by atoms with E-state index >= 15 is 0 Å². The Morgan fingerprint density at radius 1 is 0.429 bits per heavy atom. The molecule has 1 aromatic carbocycles. The smallest absolute Gasteiger partial charge is 0.0279 e. The van der Waals surface area contributed by atoms with E-state index in [2.05, 4.69) is 38.1 Å². The topological polar surface area (TPSA) is 0 Å². The van der Waals surface area contributed by atoms with Crippen LogP contribution in [0.1, 0.15) is 141 Å². The third-order valence-corrected chi connectivity index (χ3v) is 6.13. The summed E-state index contributed by atoms with van der Waals surface area (Å²) in [6.07, 6.45) is 28.2. The number of benzene rings is 1. The van der Waals surface area contributed by atoms with Gasteiger partial charge in [-0.3, -0.25) is 0 Å². The largest absolute Gasteiger partial charge is 0.0654 e. The average molecular weight is 387 g/mol. The minimum atomic E-state index is 1.28. The van der Waals surface area contributed by atoms with Crippen LogP contribution in [0.4, 0.5) is 0 Å². The summed E-state index contributed by atoms with van der Waals surface area (Å²) in [6.45, 7) is 4.59. The summed E-state index contributed by atoms with van der Waals surface area (Å²) in [6, 6.07) is 9.44. The molecule has 0 nitrogen and oxygen atoms in total. The van der Waals surface area contributed by atoms with Crippen molar-refractivity contribution in [3.05, 3.63) is 35.4 Å². The quantitative estimate of drug-likeness (QED) is 0.196. The van der Waals surface area contributed by atoms with E-state index in [1.165, 1.54) is 128 Å². The van der Waals surface area contributed by atoms with Crippen LogP contribution < -0.4 is 0 Å². The molecule has 0 amide bonds. The molecule has 0 unspecified atom stereocenters. The van der Waals surface area contributed by atoms with Gasteiger partial charge in [0.05, 0.1) is 0 Å². The van der Waals surface area contributed by atoms with Gasteiger partial charge in [-0.2, -0.15) is 0 Å². The molecule has 0 aliphatic rings. The summed E-state index contributed by atoms with van der Waals surface area (Å²) in [4.78, 5) is 0. The van der Waals surface area contributed by atoms with E-state index in [9.17, 15) is 0 Å². The first-order valence-electron chi connectivity index (χ1n) is 12.9. The molecule has 0 aromatic heterocycles. The van der Waals surface area contributed by atoms with Crippen molar-refractivity contribution in [2.24, 2.45) is 0 Å². The first kappa shape index (κ1) is 25.3. The van der Waals surface area contributed by atoms with Crippen molar-refractivity contribution in [1.29, 1.82) is 0 Å². The van der Waals surface area contributed by atoms with Gasteiger partial charge in [-0.1, -0.05) is 141 Å². The Labute approximate surface area is 177 Å². The Hall–Kier alpha value is -0.780. The molecule has 0 saturated carbocycles. The fraction of sp³-hybridized carbons (Fsp3) is 0.786. The van der Waals surface area contributed by atoms with Crippen LogP contribution >= 0.6 is 0 Å². The van der Waals surface area contributed by atoms with Gasteiger partial charge in [-0.25, -0.2) is 0 Å². The number of unbranched alkanes of at least 4 members (excludes halogenated alkanes) is 16. The lowest BCUT2D eigenvalue weighted by molar-refractivity contribution is 0.563. The lowest BCUT2D eigenvalue weighted by atomic mass is 9.99.